The van der Waals surface area contributed by atoms with E-state index < -0.39 is 5.54 Å². The molecule has 2 fully saturated rings. The molecule has 2 N–H and O–H groups in total. The number of hydrogen-bond donors (Lipinski definition) is 2. The molecule has 2 aliphatic rings. The minimum atomic E-state index is -0.547. The molecule has 0 aromatic carbocycles. The Morgan fingerprint density at radius 1 is 1.06 bits per heavy atom. The largest absolute Gasteiger partial charge is 0.356 e. The summed E-state index contributed by atoms with van der Waals surface area (Å²) in [5.74, 6) is 0.933. The first kappa shape index (κ1) is 24.6. The van der Waals surface area contributed by atoms with E-state index in [0.29, 0.717) is 31.1 Å². The van der Waals surface area contributed by atoms with Crippen molar-refractivity contribution in [3.8, 4) is 0 Å². The van der Waals surface area contributed by atoms with Crippen LogP contribution in [0.1, 0.15) is 76.9 Å². The number of aryl methyl sites for hydroxylation is 1. The first-order chi connectivity index (χ1) is 15.5. The van der Waals surface area contributed by atoms with Crippen LogP contribution in [0.4, 0.5) is 0 Å². The first-order valence-electron chi connectivity index (χ1n) is 12.3. The topological polar surface area (TPSA) is 104 Å². The van der Waals surface area contributed by atoms with Crippen molar-refractivity contribution in [2.45, 2.75) is 77.2 Å². The number of likely N-dealkylation sites (N-methyl/N-ethyl adjacent to an activating group) is 1. The highest BCUT2D eigenvalue weighted by Gasteiger charge is 2.38. The lowest BCUT2D eigenvalue weighted by atomic mass is 9.89. The number of nitrogens with one attached hydrogen (secondary N) is 2. The van der Waals surface area contributed by atoms with E-state index in [1.807, 2.05) is 0 Å². The molecule has 1 aliphatic heterocycles. The van der Waals surface area contributed by atoms with Crippen LogP contribution in [0, 0.1) is 0 Å². The molecule has 0 radical (unpaired) electrons. The second-order valence-electron chi connectivity index (χ2n) is 9.17. The molecule has 32 heavy (non-hydrogen) atoms. The minimum Gasteiger partial charge on any atom is -0.356 e. The summed E-state index contributed by atoms with van der Waals surface area (Å²) in [5, 5.41) is 10.3. The Labute approximate surface area is 191 Å². The predicted molar refractivity (Wildman–Crippen MR) is 122 cm³/mol. The Morgan fingerprint density at radius 3 is 2.41 bits per heavy atom. The molecular weight excluding hydrogens is 408 g/mol. The Hall–Kier alpha value is -2.00. The Morgan fingerprint density at radius 2 is 1.75 bits per heavy atom. The fraction of sp³-hybridized carbons (Fsp3) is 0.826. The summed E-state index contributed by atoms with van der Waals surface area (Å²) in [6, 6.07) is 0. The molecule has 1 aliphatic carbocycles. The number of hydrogen-bond acceptors (Lipinski definition) is 7. The van der Waals surface area contributed by atoms with Gasteiger partial charge in [-0.15, -0.1) is 0 Å². The first-order valence-corrected chi connectivity index (χ1v) is 12.3. The molecule has 1 saturated heterocycles. The van der Waals surface area contributed by atoms with Gasteiger partial charge in [-0.2, -0.15) is 4.98 Å². The van der Waals surface area contributed by atoms with Gasteiger partial charge in [0.15, 0.2) is 5.82 Å². The molecule has 0 unspecified atom stereocenters. The van der Waals surface area contributed by atoms with Gasteiger partial charge in [0.05, 0.1) is 0 Å². The van der Waals surface area contributed by atoms with Crippen LogP contribution in [0.3, 0.4) is 0 Å². The van der Waals surface area contributed by atoms with Gasteiger partial charge in [0.1, 0.15) is 5.54 Å². The van der Waals surface area contributed by atoms with Crippen molar-refractivity contribution in [1.29, 1.82) is 0 Å². The number of carbonyl (C=O) groups is 2. The molecular formula is C23H40N6O3. The minimum absolute atomic E-state index is 0.00610. The number of piperazine rings is 1. The third-order valence-corrected chi connectivity index (χ3v) is 6.72. The summed E-state index contributed by atoms with van der Waals surface area (Å²) in [6.07, 6.45) is 7.70. The Balaban J connectivity index is 1.39. The second-order valence-corrected chi connectivity index (χ2v) is 9.17. The summed E-state index contributed by atoms with van der Waals surface area (Å²) >= 11 is 0. The smallest absolute Gasteiger partial charge is 0.227 e. The summed E-state index contributed by atoms with van der Waals surface area (Å²) in [5.41, 5.74) is -0.547. The van der Waals surface area contributed by atoms with Crippen molar-refractivity contribution < 1.29 is 14.1 Å². The lowest BCUT2D eigenvalue weighted by Gasteiger charge is -2.33. The average Bonchev–Trinajstić information content (AvgIpc) is 3.15. The molecule has 1 aromatic heterocycles. The zero-order chi connectivity index (χ0) is 22.8. The Bertz CT molecular complexity index is 721. The zero-order valence-electron chi connectivity index (χ0n) is 19.8. The van der Waals surface area contributed by atoms with Crippen molar-refractivity contribution in [3.05, 3.63) is 11.7 Å². The molecule has 9 nitrogen and oxygen atoms in total. The van der Waals surface area contributed by atoms with Gasteiger partial charge < -0.3 is 25.0 Å². The molecule has 180 valence electrons. The fourth-order valence-corrected chi connectivity index (χ4v) is 4.79. The van der Waals surface area contributed by atoms with Gasteiger partial charge in [0.2, 0.25) is 17.7 Å². The van der Waals surface area contributed by atoms with E-state index in [-0.39, 0.29) is 11.8 Å². The molecule has 0 spiro atoms. The molecule has 0 atom stereocenters. The van der Waals surface area contributed by atoms with Crippen LogP contribution < -0.4 is 10.6 Å². The van der Waals surface area contributed by atoms with Crippen molar-refractivity contribution >= 4 is 11.8 Å². The highest BCUT2D eigenvalue weighted by Crippen LogP contribution is 2.34. The number of carbonyl (C=O) groups excluding carboxylic acids is 2. The summed E-state index contributed by atoms with van der Waals surface area (Å²) in [7, 11) is 0. The van der Waals surface area contributed by atoms with Crippen LogP contribution in [-0.2, 0) is 21.5 Å². The van der Waals surface area contributed by atoms with Crippen LogP contribution in [0.15, 0.2) is 4.52 Å². The average molecular weight is 449 g/mol. The maximum atomic E-state index is 12.2. The SMILES string of the molecule is CCN1CCN(CCCNC(=O)CCc2nc(C3(NC(C)=O)CCCCCC3)no2)CC1. The van der Waals surface area contributed by atoms with Gasteiger partial charge in [-0.1, -0.05) is 37.8 Å². The summed E-state index contributed by atoms with van der Waals surface area (Å²) in [4.78, 5) is 33.6. The number of amides is 2. The van der Waals surface area contributed by atoms with Crippen molar-refractivity contribution in [3.63, 3.8) is 0 Å². The molecule has 3 rings (SSSR count). The highest BCUT2D eigenvalue weighted by atomic mass is 16.5. The molecule has 0 bridgehead atoms. The molecule has 1 aromatic rings. The van der Waals surface area contributed by atoms with E-state index >= 15 is 0 Å². The van der Waals surface area contributed by atoms with Crippen molar-refractivity contribution in [2.75, 3.05) is 45.8 Å². The van der Waals surface area contributed by atoms with Crippen LogP contribution in [-0.4, -0.2) is 77.6 Å². The van der Waals surface area contributed by atoms with E-state index in [0.717, 1.165) is 84.2 Å². The van der Waals surface area contributed by atoms with Crippen LogP contribution in [0.5, 0.6) is 0 Å². The van der Waals surface area contributed by atoms with Gasteiger partial charge in [0, 0.05) is 52.5 Å². The Kier molecular flexibility index (Phi) is 9.47. The van der Waals surface area contributed by atoms with E-state index in [1.54, 1.807) is 0 Å². The maximum absolute atomic E-state index is 12.2. The standard InChI is InChI=1S/C23H40N6O3/c1-3-28-15-17-29(18-16-28)14-8-13-24-20(31)9-10-21-25-22(27-32-21)23(26-19(2)30)11-6-4-5-7-12-23/h3-18H2,1-2H3,(H,24,31)(H,26,30). The summed E-state index contributed by atoms with van der Waals surface area (Å²) < 4.78 is 5.44. The maximum Gasteiger partial charge on any atom is 0.227 e. The monoisotopic (exact) mass is 448 g/mol. The quantitative estimate of drug-likeness (QED) is 0.416. The van der Waals surface area contributed by atoms with Gasteiger partial charge >= 0.3 is 0 Å². The lowest BCUT2D eigenvalue weighted by molar-refractivity contribution is -0.122. The number of aromatic nitrogens is 2. The predicted octanol–water partition coefficient (Wildman–Crippen LogP) is 1.83. The third-order valence-electron chi connectivity index (χ3n) is 6.72. The normalized spacial score (nSPS) is 19.9. The van der Waals surface area contributed by atoms with Crippen LogP contribution >= 0.6 is 0 Å². The lowest BCUT2D eigenvalue weighted by Crippen LogP contribution is -2.46. The van der Waals surface area contributed by atoms with Crippen LogP contribution in [0.25, 0.3) is 0 Å². The van der Waals surface area contributed by atoms with Crippen LogP contribution in [0.2, 0.25) is 0 Å². The third kappa shape index (κ3) is 7.27. The van der Waals surface area contributed by atoms with Crippen molar-refractivity contribution in [1.82, 2.24) is 30.6 Å². The molecule has 1 saturated carbocycles. The molecule has 2 amide bonds. The van der Waals surface area contributed by atoms with E-state index in [1.165, 1.54) is 6.92 Å². The van der Waals surface area contributed by atoms with Crippen molar-refractivity contribution in [2.24, 2.45) is 0 Å². The number of nitrogens with zero attached hydrogens (tertiary/aromatic N) is 4. The summed E-state index contributed by atoms with van der Waals surface area (Å²) in [6.45, 7) is 11.1. The van der Waals surface area contributed by atoms with Gasteiger partial charge in [-0.3, -0.25) is 9.59 Å². The van der Waals surface area contributed by atoms with Gasteiger partial charge in [-0.25, -0.2) is 0 Å². The fourth-order valence-electron chi connectivity index (χ4n) is 4.79. The highest BCUT2D eigenvalue weighted by molar-refractivity contribution is 5.76. The van der Waals surface area contributed by atoms with E-state index in [2.05, 4.69) is 37.5 Å². The zero-order valence-corrected chi connectivity index (χ0v) is 19.8. The number of rotatable bonds is 10. The van der Waals surface area contributed by atoms with E-state index in [9.17, 15) is 9.59 Å². The molecule has 9 heteroatoms. The molecule has 2 heterocycles. The van der Waals surface area contributed by atoms with Gasteiger partial charge in [0.25, 0.3) is 0 Å². The van der Waals surface area contributed by atoms with Gasteiger partial charge in [-0.05, 0) is 32.4 Å². The second kappa shape index (κ2) is 12.3. The van der Waals surface area contributed by atoms with E-state index in [4.69, 9.17) is 4.52 Å².